The molecular formula is C14H19N7O2. The zero-order valence-corrected chi connectivity index (χ0v) is 13.0. The molecule has 0 aromatic carbocycles. The van der Waals surface area contributed by atoms with E-state index in [0.717, 1.165) is 44.7 Å². The molecule has 0 spiro atoms. The molecule has 1 N–H and O–H groups in total. The third-order valence-electron chi connectivity index (χ3n) is 4.60. The van der Waals surface area contributed by atoms with Crippen LogP contribution < -0.4 is 5.32 Å². The summed E-state index contributed by atoms with van der Waals surface area (Å²) in [5.41, 5.74) is -0.624. The molecule has 3 heterocycles. The molecule has 4 rings (SSSR count). The van der Waals surface area contributed by atoms with Crippen LogP contribution in [0.2, 0.25) is 0 Å². The summed E-state index contributed by atoms with van der Waals surface area (Å²) in [5, 5.41) is 15.1. The van der Waals surface area contributed by atoms with E-state index in [2.05, 4.69) is 25.7 Å². The van der Waals surface area contributed by atoms with E-state index < -0.39 is 5.54 Å². The maximum atomic E-state index is 12.6. The van der Waals surface area contributed by atoms with Crippen LogP contribution in [0.25, 0.3) is 0 Å². The SMILES string of the molecule is Cn1nc(C2CCOCC2)nc1NC(=O)C1(n2ccnn2)CC1. The Balaban J connectivity index is 1.51. The van der Waals surface area contributed by atoms with Crippen molar-refractivity contribution < 1.29 is 9.53 Å². The highest BCUT2D eigenvalue weighted by Crippen LogP contribution is 2.43. The van der Waals surface area contributed by atoms with Gasteiger partial charge in [0.1, 0.15) is 5.54 Å². The monoisotopic (exact) mass is 317 g/mol. The molecule has 9 heteroatoms. The third kappa shape index (κ3) is 2.50. The first-order valence-electron chi connectivity index (χ1n) is 7.86. The summed E-state index contributed by atoms with van der Waals surface area (Å²) in [6.45, 7) is 1.47. The van der Waals surface area contributed by atoms with E-state index in [4.69, 9.17) is 4.74 Å². The summed E-state index contributed by atoms with van der Waals surface area (Å²) in [4.78, 5) is 17.1. The Morgan fingerprint density at radius 2 is 2.17 bits per heavy atom. The van der Waals surface area contributed by atoms with Gasteiger partial charge in [0.2, 0.25) is 5.95 Å². The first-order valence-corrected chi connectivity index (χ1v) is 7.86. The van der Waals surface area contributed by atoms with Crippen LogP contribution in [0.1, 0.15) is 37.4 Å². The quantitative estimate of drug-likeness (QED) is 0.877. The Labute approximate surface area is 133 Å². The van der Waals surface area contributed by atoms with Gasteiger partial charge in [0.15, 0.2) is 5.82 Å². The number of hydrogen-bond acceptors (Lipinski definition) is 6. The van der Waals surface area contributed by atoms with Gasteiger partial charge in [-0.05, 0) is 25.7 Å². The normalized spacial score (nSPS) is 20.4. The highest BCUT2D eigenvalue weighted by atomic mass is 16.5. The van der Waals surface area contributed by atoms with Gasteiger partial charge in [-0.15, -0.1) is 5.10 Å². The van der Waals surface area contributed by atoms with Gasteiger partial charge in [-0.25, -0.2) is 9.36 Å². The lowest BCUT2D eigenvalue weighted by atomic mass is 10.00. The van der Waals surface area contributed by atoms with E-state index in [0.29, 0.717) is 11.9 Å². The van der Waals surface area contributed by atoms with Crippen LogP contribution in [-0.2, 0) is 22.1 Å². The topological polar surface area (TPSA) is 99.8 Å². The summed E-state index contributed by atoms with van der Waals surface area (Å²) in [5.74, 6) is 1.43. The Morgan fingerprint density at radius 1 is 1.39 bits per heavy atom. The molecular weight excluding hydrogens is 298 g/mol. The number of rotatable bonds is 4. The molecule has 0 radical (unpaired) electrons. The zero-order valence-electron chi connectivity index (χ0n) is 13.0. The van der Waals surface area contributed by atoms with Crippen LogP contribution in [0, 0.1) is 0 Å². The minimum Gasteiger partial charge on any atom is -0.381 e. The lowest BCUT2D eigenvalue weighted by Gasteiger charge is -2.18. The van der Waals surface area contributed by atoms with Gasteiger partial charge in [0.05, 0.1) is 6.20 Å². The van der Waals surface area contributed by atoms with Crippen LogP contribution >= 0.6 is 0 Å². The molecule has 122 valence electrons. The number of carbonyl (C=O) groups is 1. The predicted molar refractivity (Wildman–Crippen MR) is 79.7 cm³/mol. The molecule has 2 aliphatic rings. The largest absolute Gasteiger partial charge is 0.381 e. The first-order chi connectivity index (χ1) is 11.2. The van der Waals surface area contributed by atoms with Crippen LogP contribution in [0.3, 0.4) is 0 Å². The molecule has 2 aromatic heterocycles. The predicted octanol–water partition coefficient (Wildman–Crippen LogP) is 0.428. The van der Waals surface area contributed by atoms with E-state index >= 15 is 0 Å². The lowest BCUT2D eigenvalue weighted by Crippen LogP contribution is -2.34. The zero-order chi connectivity index (χ0) is 15.9. The maximum absolute atomic E-state index is 12.6. The molecule has 0 atom stereocenters. The number of hydrogen-bond donors (Lipinski definition) is 1. The average molecular weight is 317 g/mol. The molecule has 1 aliphatic heterocycles. The molecule has 0 bridgehead atoms. The van der Waals surface area contributed by atoms with E-state index in [1.54, 1.807) is 28.8 Å². The van der Waals surface area contributed by atoms with Crippen molar-refractivity contribution >= 4 is 11.9 Å². The highest BCUT2D eigenvalue weighted by molar-refractivity contribution is 5.97. The van der Waals surface area contributed by atoms with Gasteiger partial charge < -0.3 is 4.74 Å². The van der Waals surface area contributed by atoms with Crippen LogP contribution in [0.5, 0.6) is 0 Å². The fraction of sp³-hybridized carbons (Fsp3) is 0.643. The number of aromatic nitrogens is 6. The Kier molecular flexibility index (Phi) is 3.37. The smallest absolute Gasteiger partial charge is 0.254 e. The van der Waals surface area contributed by atoms with Crippen molar-refractivity contribution in [1.29, 1.82) is 0 Å². The Bertz CT molecular complexity index is 699. The average Bonchev–Trinajstić information content (AvgIpc) is 3.03. The molecule has 1 saturated heterocycles. The van der Waals surface area contributed by atoms with Crippen molar-refractivity contribution in [2.75, 3.05) is 18.5 Å². The van der Waals surface area contributed by atoms with E-state index in [1.165, 1.54) is 0 Å². The number of nitrogens with one attached hydrogen (secondary N) is 1. The van der Waals surface area contributed by atoms with Crippen LogP contribution in [-0.4, -0.2) is 48.9 Å². The van der Waals surface area contributed by atoms with Gasteiger partial charge in [-0.2, -0.15) is 10.1 Å². The van der Waals surface area contributed by atoms with Crippen molar-refractivity contribution in [3.05, 3.63) is 18.2 Å². The van der Waals surface area contributed by atoms with Crippen molar-refractivity contribution in [2.24, 2.45) is 7.05 Å². The fourth-order valence-electron chi connectivity index (χ4n) is 2.97. The number of amides is 1. The van der Waals surface area contributed by atoms with E-state index in [-0.39, 0.29) is 5.91 Å². The molecule has 1 amide bonds. The fourth-order valence-corrected chi connectivity index (χ4v) is 2.97. The van der Waals surface area contributed by atoms with Crippen molar-refractivity contribution in [2.45, 2.75) is 37.1 Å². The van der Waals surface area contributed by atoms with Gasteiger partial charge in [-0.3, -0.25) is 10.1 Å². The third-order valence-corrected chi connectivity index (χ3v) is 4.60. The van der Waals surface area contributed by atoms with Crippen LogP contribution in [0.4, 0.5) is 5.95 Å². The molecule has 9 nitrogen and oxygen atoms in total. The summed E-state index contributed by atoms with van der Waals surface area (Å²) in [7, 11) is 1.79. The minimum atomic E-state index is -0.624. The summed E-state index contributed by atoms with van der Waals surface area (Å²) >= 11 is 0. The van der Waals surface area contributed by atoms with Gasteiger partial charge in [0.25, 0.3) is 5.91 Å². The molecule has 2 aromatic rings. The summed E-state index contributed by atoms with van der Waals surface area (Å²) in [6.07, 6.45) is 6.65. The molecule has 1 aliphatic carbocycles. The van der Waals surface area contributed by atoms with Crippen molar-refractivity contribution in [3.8, 4) is 0 Å². The number of anilines is 1. The Morgan fingerprint density at radius 3 is 2.83 bits per heavy atom. The molecule has 0 unspecified atom stereocenters. The van der Waals surface area contributed by atoms with Crippen molar-refractivity contribution in [1.82, 2.24) is 29.8 Å². The number of ether oxygens (including phenoxy) is 1. The number of carbonyl (C=O) groups excluding carboxylic acids is 1. The highest BCUT2D eigenvalue weighted by Gasteiger charge is 2.53. The van der Waals surface area contributed by atoms with E-state index in [1.807, 2.05) is 0 Å². The van der Waals surface area contributed by atoms with Gasteiger partial charge in [0, 0.05) is 32.4 Å². The maximum Gasteiger partial charge on any atom is 0.254 e. The van der Waals surface area contributed by atoms with Gasteiger partial charge >= 0.3 is 0 Å². The molecule has 23 heavy (non-hydrogen) atoms. The summed E-state index contributed by atoms with van der Waals surface area (Å²) in [6, 6.07) is 0. The van der Waals surface area contributed by atoms with Crippen LogP contribution in [0.15, 0.2) is 12.4 Å². The van der Waals surface area contributed by atoms with Gasteiger partial charge in [-0.1, -0.05) is 5.21 Å². The Hall–Kier alpha value is -2.29. The molecule has 1 saturated carbocycles. The minimum absolute atomic E-state index is 0.114. The van der Waals surface area contributed by atoms with Crippen molar-refractivity contribution in [3.63, 3.8) is 0 Å². The number of aryl methyl sites for hydroxylation is 1. The van der Waals surface area contributed by atoms with E-state index in [9.17, 15) is 4.79 Å². The summed E-state index contributed by atoms with van der Waals surface area (Å²) < 4.78 is 8.62. The molecule has 2 fully saturated rings. The second kappa shape index (κ2) is 5.41. The second-order valence-electron chi connectivity index (χ2n) is 6.14. The number of nitrogens with zero attached hydrogens (tertiary/aromatic N) is 6. The second-order valence-corrected chi connectivity index (χ2v) is 6.14. The first kappa shape index (κ1) is 14.3. The standard InChI is InChI=1S/C14H19N7O2/c1-20-13(16-11(18-20)10-2-8-23-9-3-10)17-12(22)14(4-5-14)21-7-6-15-19-21/h6-7,10H,2-5,8-9H2,1H3,(H,16,17,18,22). The lowest BCUT2D eigenvalue weighted by molar-refractivity contribution is -0.120.